The molecule has 0 aromatic heterocycles. The lowest BCUT2D eigenvalue weighted by Crippen LogP contribution is -2.54. The number of likely N-dealkylation sites (tertiary alicyclic amines) is 1. The van der Waals surface area contributed by atoms with Gasteiger partial charge in [0.2, 0.25) is 11.8 Å². The van der Waals surface area contributed by atoms with E-state index >= 15 is 0 Å². The van der Waals surface area contributed by atoms with Crippen molar-refractivity contribution < 1.29 is 14.4 Å². The van der Waals surface area contributed by atoms with E-state index in [0.717, 1.165) is 51.5 Å². The zero-order chi connectivity index (χ0) is 19.7. The molecule has 0 radical (unpaired) electrons. The number of amides is 2. The normalized spacial score (nSPS) is 32.0. The molecule has 2 N–H and O–H groups in total. The van der Waals surface area contributed by atoms with Crippen LogP contribution in [0.4, 0.5) is 0 Å². The lowest BCUT2D eigenvalue weighted by atomic mass is 9.95. The second-order valence-electron chi connectivity index (χ2n) is 9.04. The topological polar surface area (TPSA) is 102 Å². The van der Waals surface area contributed by atoms with Gasteiger partial charge in [0.25, 0.3) is 0 Å². The van der Waals surface area contributed by atoms with Gasteiger partial charge in [-0.2, -0.15) is 5.26 Å². The smallest absolute Gasteiger partial charge is 0.243 e. The number of carbonyl (C=O) groups excluding carboxylic acids is 3. The Bertz CT molecular complexity index is 690. The predicted octanol–water partition coefficient (Wildman–Crippen LogP) is 1.28. The Morgan fingerprint density at radius 2 is 2.07 bits per heavy atom. The van der Waals surface area contributed by atoms with E-state index in [1.165, 1.54) is 0 Å². The summed E-state index contributed by atoms with van der Waals surface area (Å²) in [5, 5.41) is 15.7. The van der Waals surface area contributed by atoms with E-state index in [2.05, 4.69) is 16.7 Å². The van der Waals surface area contributed by atoms with E-state index < -0.39 is 17.6 Å². The van der Waals surface area contributed by atoms with Crippen LogP contribution in [-0.4, -0.2) is 53.2 Å². The second-order valence-corrected chi connectivity index (χ2v) is 9.04. The number of hydrogen-bond donors (Lipinski definition) is 2. The fourth-order valence-corrected chi connectivity index (χ4v) is 5.17. The molecule has 1 spiro atoms. The second kappa shape index (κ2) is 7.82. The Morgan fingerprint density at radius 3 is 2.68 bits per heavy atom. The highest BCUT2D eigenvalue weighted by Crippen LogP contribution is 2.38. The average Bonchev–Trinajstić information content (AvgIpc) is 3.07. The number of nitrogens with zero attached hydrogens (tertiary/aromatic N) is 2. The molecule has 2 saturated heterocycles. The van der Waals surface area contributed by atoms with Gasteiger partial charge in [-0.3, -0.25) is 14.4 Å². The highest BCUT2D eigenvalue weighted by molar-refractivity contribution is 5.94. The van der Waals surface area contributed by atoms with E-state index in [9.17, 15) is 19.6 Å². The number of hydrogen-bond acceptors (Lipinski definition) is 5. The summed E-state index contributed by atoms with van der Waals surface area (Å²) in [5.41, 5.74) is -0.479. The van der Waals surface area contributed by atoms with Crippen molar-refractivity contribution in [2.75, 3.05) is 13.1 Å². The molecule has 2 aliphatic carbocycles. The summed E-state index contributed by atoms with van der Waals surface area (Å²) in [6.45, 7) is 1.44. The van der Waals surface area contributed by atoms with Crippen molar-refractivity contribution in [2.45, 2.75) is 81.8 Å². The van der Waals surface area contributed by atoms with Crippen molar-refractivity contribution in [2.24, 2.45) is 11.8 Å². The van der Waals surface area contributed by atoms with Crippen molar-refractivity contribution >= 4 is 17.6 Å². The van der Waals surface area contributed by atoms with Gasteiger partial charge in [-0.05, 0) is 57.4 Å². The Morgan fingerprint density at radius 1 is 1.25 bits per heavy atom. The molecule has 28 heavy (non-hydrogen) atoms. The molecule has 4 unspecified atom stereocenters. The number of ketones is 1. The van der Waals surface area contributed by atoms with Gasteiger partial charge in [-0.25, -0.2) is 0 Å². The van der Waals surface area contributed by atoms with Gasteiger partial charge in [0, 0.05) is 18.9 Å². The van der Waals surface area contributed by atoms with Crippen LogP contribution in [0.3, 0.4) is 0 Å². The Labute approximate surface area is 166 Å². The van der Waals surface area contributed by atoms with Gasteiger partial charge in [0.05, 0.1) is 11.6 Å². The van der Waals surface area contributed by atoms with Crippen LogP contribution < -0.4 is 10.6 Å². The van der Waals surface area contributed by atoms with E-state index in [1.807, 2.05) is 0 Å². The highest BCUT2D eigenvalue weighted by Gasteiger charge is 2.51. The van der Waals surface area contributed by atoms with Crippen molar-refractivity contribution in [3.8, 4) is 6.07 Å². The largest absolute Gasteiger partial charge is 0.339 e. The summed E-state index contributed by atoms with van der Waals surface area (Å²) in [5.74, 6) is 0.394. The van der Waals surface area contributed by atoms with Crippen LogP contribution in [0, 0.1) is 23.2 Å². The van der Waals surface area contributed by atoms with E-state index in [-0.39, 0.29) is 23.5 Å². The molecule has 7 nitrogen and oxygen atoms in total. The van der Waals surface area contributed by atoms with Gasteiger partial charge in [-0.1, -0.05) is 12.8 Å². The lowest BCUT2D eigenvalue weighted by molar-refractivity contribution is -0.141. The maximum absolute atomic E-state index is 13.1. The minimum absolute atomic E-state index is 0.0466. The maximum Gasteiger partial charge on any atom is 0.243 e. The van der Waals surface area contributed by atoms with Crippen LogP contribution in [0.5, 0.6) is 0 Å². The van der Waals surface area contributed by atoms with Crippen LogP contribution in [-0.2, 0) is 14.4 Å². The molecule has 0 aromatic carbocycles. The van der Waals surface area contributed by atoms with Crippen molar-refractivity contribution in [1.29, 1.82) is 5.26 Å². The first-order valence-corrected chi connectivity index (χ1v) is 10.8. The summed E-state index contributed by atoms with van der Waals surface area (Å²) in [6.07, 6.45) is 8.10. The third kappa shape index (κ3) is 3.80. The van der Waals surface area contributed by atoms with Gasteiger partial charge in [0.1, 0.15) is 17.9 Å². The summed E-state index contributed by atoms with van der Waals surface area (Å²) in [7, 11) is 0. The van der Waals surface area contributed by atoms with Gasteiger partial charge >= 0.3 is 0 Å². The van der Waals surface area contributed by atoms with Crippen molar-refractivity contribution in [3.05, 3.63) is 0 Å². The first-order chi connectivity index (χ1) is 13.5. The maximum atomic E-state index is 13.1. The van der Waals surface area contributed by atoms with Crippen LogP contribution in [0.1, 0.15) is 64.2 Å². The molecule has 152 valence electrons. The molecule has 4 atom stereocenters. The first kappa shape index (κ1) is 19.4. The summed E-state index contributed by atoms with van der Waals surface area (Å²) >= 11 is 0. The van der Waals surface area contributed by atoms with E-state index in [4.69, 9.17) is 0 Å². The molecule has 2 aliphatic heterocycles. The van der Waals surface area contributed by atoms with Crippen molar-refractivity contribution in [1.82, 2.24) is 15.5 Å². The number of carbonyl (C=O) groups is 3. The number of nitriles is 1. The molecule has 7 heteroatoms. The molecular weight excluding hydrogens is 356 g/mol. The van der Waals surface area contributed by atoms with Crippen LogP contribution >= 0.6 is 0 Å². The predicted molar refractivity (Wildman–Crippen MR) is 102 cm³/mol. The summed E-state index contributed by atoms with van der Waals surface area (Å²) in [6, 6.07) is 0.983. The lowest BCUT2D eigenvalue weighted by Gasteiger charge is -2.30. The first-order valence-electron chi connectivity index (χ1n) is 10.8. The third-order valence-electron chi connectivity index (χ3n) is 7.05. The Balaban J connectivity index is 1.43. The minimum atomic E-state index is -0.669. The molecule has 2 heterocycles. The summed E-state index contributed by atoms with van der Waals surface area (Å²) in [4.78, 5) is 39.9. The molecule has 0 bridgehead atoms. The third-order valence-corrected chi connectivity index (χ3v) is 7.05. The molecule has 2 saturated carbocycles. The van der Waals surface area contributed by atoms with Crippen molar-refractivity contribution in [3.63, 3.8) is 0 Å². The quantitative estimate of drug-likeness (QED) is 0.686. The molecule has 2 amide bonds. The van der Waals surface area contributed by atoms with Gasteiger partial charge in [-0.15, -0.1) is 0 Å². The fourth-order valence-electron chi connectivity index (χ4n) is 5.17. The highest BCUT2D eigenvalue weighted by atomic mass is 16.2. The summed E-state index contributed by atoms with van der Waals surface area (Å²) < 4.78 is 0. The zero-order valence-electron chi connectivity index (χ0n) is 16.4. The molecule has 4 aliphatic rings. The van der Waals surface area contributed by atoms with Crippen LogP contribution in [0.2, 0.25) is 0 Å². The van der Waals surface area contributed by atoms with Crippen LogP contribution in [0.25, 0.3) is 0 Å². The molecule has 4 rings (SSSR count). The number of Topliss-reactive ketones (excluding diaryl/α,β-unsaturated/α-hetero) is 1. The van der Waals surface area contributed by atoms with Gasteiger partial charge < -0.3 is 15.5 Å². The number of rotatable bonds is 7. The van der Waals surface area contributed by atoms with E-state index in [1.54, 1.807) is 4.90 Å². The molecule has 4 fully saturated rings. The van der Waals surface area contributed by atoms with Gasteiger partial charge in [0.15, 0.2) is 0 Å². The van der Waals surface area contributed by atoms with Crippen LogP contribution in [0.15, 0.2) is 0 Å². The fraction of sp³-hybridized carbons (Fsp3) is 0.810. The minimum Gasteiger partial charge on any atom is -0.339 e. The molecular formula is C21H30N4O3. The Hall–Kier alpha value is -1.94. The Kier molecular flexibility index (Phi) is 5.42. The standard InChI is InChI=1S/C21H30N4O3/c22-13-16(12-15-3-1-4-18(15)26)24-19(27)17(11-14-5-6-14)25-10-8-21(20(25)28)7-2-9-23-21/h14-17,23H,1-12H2,(H,24,27). The SMILES string of the molecule is N#CC(CC1CCCC1=O)NC(=O)C(CC1CC1)N1CCC2(CCCN2)C1=O. The van der Waals surface area contributed by atoms with E-state index in [0.29, 0.717) is 31.7 Å². The monoisotopic (exact) mass is 386 g/mol. The number of nitrogens with one attached hydrogen (secondary N) is 2. The molecule has 0 aromatic rings. The average molecular weight is 386 g/mol. The zero-order valence-corrected chi connectivity index (χ0v) is 16.4.